The van der Waals surface area contributed by atoms with Crippen molar-refractivity contribution in [3.8, 4) is 0 Å². The highest BCUT2D eigenvalue weighted by atomic mass is 127. The maximum absolute atomic E-state index is 2.43. The van der Waals surface area contributed by atoms with Crippen molar-refractivity contribution >= 4 is 22.9 Å². The van der Waals surface area contributed by atoms with E-state index in [2.05, 4.69) is 39.8 Å². The van der Waals surface area contributed by atoms with Crippen molar-refractivity contribution in [2.24, 2.45) is 0 Å². The number of rotatable bonds is 0. The Labute approximate surface area is 71.3 Å². The molecule has 1 aliphatic rings. The van der Waals surface area contributed by atoms with E-state index in [1.807, 2.05) is 0 Å². The molecule has 0 aromatic rings. The van der Waals surface area contributed by atoms with Crippen LogP contribution in [0.3, 0.4) is 0 Å². The van der Waals surface area contributed by atoms with E-state index >= 15 is 0 Å². The van der Waals surface area contributed by atoms with Crippen LogP contribution >= 0.6 is 22.9 Å². The molecule has 0 aromatic heterocycles. The van der Waals surface area contributed by atoms with Gasteiger partial charge in [0.1, 0.15) is 0 Å². The SMILES string of the molecule is CC1(C)CCCCN1I. The van der Waals surface area contributed by atoms with Gasteiger partial charge in [0.2, 0.25) is 0 Å². The van der Waals surface area contributed by atoms with Crippen LogP contribution in [0.25, 0.3) is 0 Å². The highest BCUT2D eigenvalue weighted by Crippen LogP contribution is 2.29. The number of piperidine rings is 1. The second kappa shape index (κ2) is 2.74. The molecule has 0 bridgehead atoms. The Bertz CT molecular complexity index is 101. The number of hydrogen-bond acceptors (Lipinski definition) is 1. The largest absolute Gasteiger partial charge is 0.242 e. The highest BCUT2D eigenvalue weighted by Gasteiger charge is 2.27. The smallest absolute Gasteiger partial charge is 0.0248 e. The molecule has 1 nitrogen and oxygen atoms in total. The van der Waals surface area contributed by atoms with Gasteiger partial charge >= 0.3 is 0 Å². The molecule has 0 atom stereocenters. The molecule has 0 aliphatic carbocycles. The van der Waals surface area contributed by atoms with E-state index in [9.17, 15) is 0 Å². The summed E-state index contributed by atoms with van der Waals surface area (Å²) in [5.41, 5.74) is 0.457. The summed E-state index contributed by atoms with van der Waals surface area (Å²) >= 11 is 2.43. The predicted molar refractivity (Wildman–Crippen MR) is 48.7 cm³/mol. The van der Waals surface area contributed by atoms with E-state index in [0.717, 1.165) is 0 Å². The number of nitrogens with zero attached hydrogens (tertiary/aromatic N) is 1. The fourth-order valence-corrected chi connectivity index (χ4v) is 1.81. The third-order valence-electron chi connectivity index (χ3n) is 2.05. The zero-order chi connectivity index (χ0) is 6.91. The van der Waals surface area contributed by atoms with Gasteiger partial charge in [-0.1, -0.05) is 6.42 Å². The van der Waals surface area contributed by atoms with E-state index < -0.39 is 0 Å². The minimum atomic E-state index is 0.457. The molecule has 1 rings (SSSR count). The maximum atomic E-state index is 2.43. The van der Waals surface area contributed by atoms with Crippen LogP contribution in [0, 0.1) is 0 Å². The van der Waals surface area contributed by atoms with Crippen LogP contribution in [0.5, 0.6) is 0 Å². The molecule has 0 saturated carbocycles. The van der Waals surface area contributed by atoms with Crippen LogP contribution in [0.4, 0.5) is 0 Å². The van der Waals surface area contributed by atoms with Crippen molar-refractivity contribution < 1.29 is 0 Å². The summed E-state index contributed by atoms with van der Waals surface area (Å²) in [7, 11) is 0. The minimum absolute atomic E-state index is 0.457. The zero-order valence-electron chi connectivity index (χ0n) is 6.15. The molecule has 2 heteroatoms. The molecule has 9 heavy (non-hydrogen) atoms. The minimum Gasteiger partial charge on any atom is -0.242 e. The van der Waals surface area contributed by atoms with Gasteiger partial charge in [-0.2, -0.15) is 0 Å². The topological polar surface area (TPSA) is 3.24 Å². The fourth-order valence-electron chi connectivity index (χ4n) is 1.23. The molecule has 1 aliphatic heterocycles. The summed E-state index contributed by atoms with van der Waals surface area (Å²) in [5.74, 6) is 0. The Hall–Kier alpha value is 0.690. The molecule has 54 valence electrons. The van der Waals surface area contributed by atoms with Crippen molar-refractivity contribution in [1.29, 1.82) is 0 Å². The second-order valence-electron chi connectivity index (χ2n) is 3.36. The summed E-state index contributed by atoms with van der Waals surface area (Å²) < 4.78 is 2.42. The van der Waals surface area contributed by atoms with Crippen molar-refractivity contribution in [2.75, 3.05) is 6.54 Å². The van der Waals surface area contributed by atoms with Crippen LogP contribution in [-0.4, -0.2) is 15.2 Å². The van der Waals surface area contributed by atoms with Crippen LogP contribution in [0.2, 0.25) is 0 Å². The molecule has 0 amide bonds. The molecular formula is C7H14IN. The van der Waals surface area contributed by atoms with Crippen molar-refractivity contribution in [3.63, 3.8) is 0 Å². The molecule has 1 heterocycles. The quantitative estimate of drug-likeness (QED) is 0.464. The van der Waals surface area contributed by atoms with Gasteiger partial charge in [-0.25, -0.2) is 3.11 Å². The molecule has 0 aromatic carbocycles. The molecule has 1 fully saturated rings. The lowest BCUT2D eigenvalue weighted by molar-refractivity contribution is 0.207. The Kier molecular flexibility index (Phi) is 2.37. The molecule has 0 unspecified atom stereocenters. The van der Waals surface area contributed by atoms with E-state index in [0.29, 0.717) is 5.54 Å². The lowest BCUT2D eigenvalue weighted by Crippen LogP contribution is -2.40. The van der Waals surface area contributed by atoms with Crippen molar-refractivity contribution in [3.05, 3.63) is 0 Å². The molecule has 0 N–H and O–H groups in total. The summed E-state index contributed by atoms with van der Waals surface area (Å²) in [6.07, 6.45) is 4.15. The third-order valence-corrected chi connectivity index (χ3v) is 3.84. The van der Waals surface area contributed by atoms with Gasteiger partial charge in [0.25, 0.3) is 0 Å². The summed E-state index contributed by atoms with van der Waals surface area (Å²) in [4.78, 5) is 0. The molecular weight excluding hydrogens is 225 g/mol. The van der Waals surface area contributed by atoms with Gasteiger partial charge in [0.15, 0.2) is 0 Å². The van der Waals surface area contributed by atoms with Crippen LogP contribution in [0.15, 0.2) is 0 Å². The van der Waals surface area contributed by atoms with Gasteiger partial charge in [-0.15, -0.1) is 0 Å². The number of halogens is 1. The van der Waals surface area contributed by atoms with Gasteiger partial charge in [-0.3, -0.25) is 0 Å². The van der Waals surface area contributed by atoms with Gasteiger partial charge in [0.05, 0.1) is 0 Å². The highest BCUT2D eigenvalue weighted by molar-refractivity contribution is 14.1. The third kappa shape index (κ3) is 1.80. The van der Waals surface area contributed by atoms with Gasteiger partial charge in [0, 0.05) is 34.9 Å². The Morgan fingerprint density at radius 3 is 2.33 bits per heavy atom. The lowest BCUT2D eigenvalue weighted by Gasteiger charge is -2.37. The molecule has 1 saturated heterocycles. The Balaban J connectivity index is 2.49. The normalized spacial score (nSPS) is 28.3. The van der Waals surface area contributed by atoms with Gasteiger partial charge in [-0.05, 0) is 26.7 Å². The summed E-state index contributed by atoms with van der Waals surface area (Å²) in [5, 5.41) is 0. The van der Waals surface area contributed by atoms with Crippen molar-refractivity contribution in [2.45, 2.75) is 38.6 Å². The molecule has 0 spiro atoms. The first kappa shape index (κ1) is 7.79. The first-order valence-electron chi connectivity index (χ1n) is 3.56. The van der Waals surface area contributed by atoms with E-state index in [-0.39, 0.29) is 0 Å². The first-order valence-corrected chi connectivity index (χ1v) is 4.53. The molecule has 0 radical (unpaired) electrons. The van der Waals surface area contributed by atoms with E-state index in [1.54, 1.807) is 0 Å². The van der Waals surface area contributed by atoms with Gasteiger partial charge < -0.3 is 0 Å². The van der Waals surface area contributed by atoms with Crippen molar-refractivity contribution in [1.82, 2.24) is 3.11 Å². The Morgan fingerprint density at radius 1 is 1.33 bits per heavy atom. The van der Waals surface area contributed by atoms with Crippen LogP contribution in [-0.2, 0) is 0 Å². The van der Waals surface area contributed by atoms with Crippen LogP contribution in [0.1, 0.15) is 33.1 Å². The second-order valence-corrected chi connectivity index (χ2v) is 4.52. The number of hydrogen-bond donors (Lipinski definition) is 0. The predicted octanol–water partition coefficient (Wildman–Crippen LogP) is 2.60. The standard InChI is InChI=1S/C7H14IN/c1-7(2)5-3-4-6-9(7)8/h3-6H2,1-2H3. The summed E-state index contributed by atoms with van der Waals surface area (Å²) in [6.45, 7) is 5.91. The first-order chi connectivity index (χ1) is 4.13. The average molecular weight is 239 g/mol. The fraction of sp³-hybridized carbons (Fsp3) is 1.00. The Morgan fingerprint density at radius 2 is 2.00 bits per heavy atom. The maximum Gasteiger partial charge on any atom is 0.0248 e. The monoisotopic (exact) mass is 239 g/mol. The zero-order valence-corrected chi connectivity index (χ0v) is 8.31. The van der Waals surface area contributed by atoms with E-state index in [4.69, 9.17) is 0 Å². The lowest BCUT2D eigenvalue weighted by atomic mass is 9.93. The average Bonchev–Trinajstić information content (AvgIpc) is 1.77. The summed E-state index contributed by atoms with van der Waals surface area (Å²) in [6, 6.07) is 0. The van der Waals surface area contributed by atoms with E-state index in [1.165, 1.54) is 25.8 Å². The van der Waals surface area contributed by atoms with Crippen LogP contribution < -0.4 is 0 Å².